The van der Waals surface area contributed by atoms with Crippen LogP contribution in [0.1, 0.15) is 23.6 Å². The van der Waals surface area contributed by atoms with E-state index in [1.807, 2.05) is 36.4 Å². The molecule has 0 radical (unpaired) electrons. The number of rotatable bonds is 4. The van der Waals surface area contributed by atoms with Crippen molar-refractivity contribution in [2.45, 2.75) is 12.5 Å². The Labute approximate surface area is 166 Å². The first-order valence-corrected chi connectivity index (χ1v) is 9.23. The molecule has 3 aromatic rings. The second-order valence-corrected chi connectivity index (χ2v) is 6.78. The van der Waals surface area contributed by atoms with Crippen molar-refractivity contribution in [3.63, 3.8) is 0 Å². The lowest BCUT2D eigenvalue weighted by atomic mass is 9.97. The third-order valence-corrected chi connectivity index (χ3v) is 5.03. The Bertz CT molecular complexity index is 1130. The highest BCUT2D eigenvalue weighted by atomic mass is 16.7. The molecule has 1 amide bonds. The van der Waals surface area contributed by atoms with Gasteiger partial charge in [-0.2, -0.15) is 5.10 Å². The van der Waals surface area contributed by atoms with Gasteiger partial charge in [-0.15, -0.1) is 0 Å². The van der Waals surface area contributed by atoms with Crippen LogP contribution in [0.25, 0.3) is 11.0 Å². The van der Waals surface area contributed by atoms with E-state index in [1.165, 1.54) is 12.1 Å². The molecule has 2 aliphatic heterocycles. The van der Waals surface area contributed by atoms with E-state index in [2.05, 4.69) is 15.1 Å². The molecule has 8 nitrogen and oxygen atoms in total. The van der Waals surface area contributed by atoms with Crippen LogP contribution in [0.2, 0.25) is 0 Å². The Kier molecular flexibility index (Phi) is 4.33. The minimum Gasteiger partial charge on any atom is -0.454 e. The first-order valence-electron chi connectivity index (χ1n) is 9.23. The Balaban J connectivity index is 1.56. The molecule has 1 unspecified atom stereocenters. The number of hydrazone groups is 1. The summed E-state index contributed by atoms with van der Waals surface area (Å²) in [5.41, 5.74) is 4.12. The lowest BCUT2D eigenvalue weighted by Crippen LogP contribution is -2.30. The van der Waals surface area contributed by atoms with Crippen LogP contribution in [0.5, 0.6) is 11.5 Å². The van der Waals surface area contributed by atoms with E-state index in [9.17, 15) is 4.79 Å². The summed E-state index contributed by atoms with van der Waals surface area (Å²) >= 11 is 0. The molecule has 0 aliphatic carbocycles. The molecule has 0 saturated carbocycles. The van der Waals surface area contributed by atoms with Gasteiger partial charge in [-0.3, -0.25) is 14.8 Å². The number of amides is 1. The quantitative estimate of drug-likeness (QED) is 0.681. The molecule has 29 heavy (non-hydrogen) atoms. The van der Waals surface area contributed by atoms with Crippen LogP contribution in [0, 0.1) is 0 Å². The average Bonchev–Trinajstić information content (AvgIpc) is 3.40. The Morgan fingerprint density at radius 3 is 2.93 bits per heavy atom. The van der Waals surface area contributed by atoms with Crippen LogP contribution in [-0.2, 0) is 9.53 Å². The molecule has 0 fully saturated rings. The van der Waals surface area contributed by atoms with Gasteiger partial charge in [-0.25, -0.2) is 5.01 Å². The van der Waals surface area contributed by atoms with Crippen molar-refractivity contribution in [3.8, 4) is 11.5 Å². The van der Waals surface area contributed by atoms with Crippen LogP contribution in [0.4, 0.5) is 0 Å². The van der Waals surface area contributed by atoms with Crippen molar-refractivity contribution < 1.29 is 19.0 Å². The fourth-order valence-corrected chi connectivity index (χ4v) is 3.71. The smallest absolute Gasteiger partial charge is 0.269 e. The minimum atomic E-state index is -0.293. The highest BCUT2D eigenvalue weighted by Gasteiger charge is 2.34. The Morgan fingerprint density at radius 2 is 2.03 bits per heavy atom. The number of fused-ring (bicyclic) bond motifs is 2. The largest absolute Gasteiger partial charge is 0.454 e. The molecule has 0 bridgehead atoms. The summed E-state index contributed by atoms with van der Waals surface area (Å²) in [5, 5.41) is 6.14. The van der Waals surface area contributed by atoms with Crippen LogP contribution >= 0.6 is 0 Å². The molecule has 2 aromatic carbocycles. The lowest BCUT2D eigenvalue weighted by Gasteiger charge is -2.22. The Morgan fingerprint density at radius 1 is 1.17 bits per heavy atom. The number of nitrogens with zero attached hydrogens (tertiary/aromatic N) is 4. The summed E-state index contributed by atoms with van der Waals surface area (Å²) in [6, 6.07) is 11.2. The number of aromatic nitrogens is 2. The zero-order chi connectivity index (χ0) is 19.8. The zero-order valence-electron chi connectivity index (χ0n) is 15.7. The van der Waals surface area contributed by atoms with Crippen molar-refractivity contribution in [3.05, 3.63) is 59.9 Å². The predicted octanol–water partition coefficient (Wildman–Crippen LogP) is 2.68. The summed E-state index contributed by atoms with van der Waals surface area (Å²) in [6.45, 7) is 0.159. The van der Waals surface area contributed by atoms with Gasteiger partial charge in [-0.1, -0.05) is 12.1 Å². The molecule has 1 aromatic heterocycles. The first-order chi connectivity index (χ1) is 14.2. The number of carbonyl (C=O) groups excluding carboxylic acids is 1. The summed E-state index contributed by atoms with van der Waals surface area (Å²) in [7, 11) is 1.49. The molecule has 8 heteroatoms. The van der Waals surface area contributed by atoms with Gasteiger partial charge < -0.3 is 14.2 Å². The topological polar surface area (TPSA) is 86.1 Å². The van der Waals surface area contributed by atoms with Crippen LogP contribution in [0.3, 0.4) is 0 Å². The number of carbonyl (C=O) groups is 1. The molecule has 0 N–H and O–H groups in total. The number of benzene rings is 2. The normalized spacial score (nSPS) is 17.6. The van der Waals surface area contributed by atoms with Gasteiger partial charge in [0.1, 0.15) is 6.61 Å². The van der Waals surface area contributed by atoms with Crippen molar-refractivity contribution >= 4 is 22.7 Å². The number of para-hydroxylation sites is 1. The number of hydrogen-bond donors (Lipinski definition) is 0. The fraction of sp³-hybridized carbons (Fsp3) is 0.238. The van der Waals surface area contributed by atoms with Crippen LogP contribution in [-0.4, -0.2) is 47.1 Å². The second kappa shape index (κ2) is 7.14. The van der Waals surface area contributed by atoms with Gasteiger partial charge in [0, 0.05) is 37.1 Å². The molecular formula is C21H18N4O4. The number of ether oxygens (including phenoxy) is 3. The highest BCUT2D eigenvalue weighted by molar-refractivity contribution is 6.04. The van der Waals surface area contributed by atoms with E-state index in [0.717, 1.165) is 27.9 Å². The second-order valence-electron chi connectivity index (χ2n) is 6.78. The van der Waals surface area contributed by atoms with E-state index in [0.29, 0.717) is 17.9 Å². The van der Waals surface area contributed by atoms with Gasteiger partial charge in [0.2, 0.25) is 6.79 Å². The van der Waals surface area contributed by atoms with E-state index in [4.69, 9.17) is 14.2 Å². The SMILES string of the molecule is COCC(=O)N1N=C(c2ccc3c(c2)OCO3)CC1c1cccc2nccnc12. The average molecular weight is 390 g/mol. The van der Waals surface area contributed by atoms with Gasteiger partial charge in [0.25, 0.3) is 5.91 Å². The van der Waals surface area contributed by atoms with Crippen molar-refractivity contribution in [2.75, 3.05) is 20.5 Å². The number of hydrogen-bond acceptors (Lipinski definition) is 7. The standard InChI is InChI=1S/C21H18N4O4/c1-27-11-20(26)25-17(14-3-2-4-15-21(14)23-8-7-22-15)10-16(24-25)13-5-6-18-19(9-13)29-12-28-18/h2-9,17H,10-12H2,1H3. The molecule has 0 spiro atoms. The van der Waals surface area contributed by atoms with Crippen molar-refractivity contribution in [1.82, 2.24) is 15.0 Å². The summed E-state index contributed by atoms with van der Waals surface area (Å²) in [5.74, 6) is 1.18. The molecule has 1 atom stereocenters. The van der Waals surface area contributed by atoms with E-state index < -0.39 is 0 Å². The van der Waals surface area contributed by atoms with Crippen molar-refractivity contribution in [1.29, 1.82) is 0 Å². The lowest BCUT2D eigenvalue weighted by molar-refractivity contribution is -0.136. The minimum absolute atomic E-state index is 0.0507. The van der Waals surface area contributed by atoms with Gasteiger partial charge in [-0.05, 0) is 24.3 Å². The monoisotopic (exact) mass is 390 g/mol. The third-order valence-electron chi connectivity index (χ3n) is 5.03. The predicted molar refractivity (Wildman–Crippen MR) is 105 cm³/mol. The maximum absolute atomic E-state index is 12.7. The molecule has 5 rings (SSSR count). The summed E-state index contributed by atoms with van der Waals surface area (Å²) in [4.78, 5) is 21.6. The van der Waals surface area contributed by atoms with Crippen LogP contribution in [0.15, 0.2) is 53.9 Å². The molecule has 146 valence electrons. The number of methoxy groups -OCH3 is 1. The van der Waals surface area contributed by atoms with Gasteiger partial charge >= 0.3 is 0 Å². The van der Waals surface area contributed by atoms with Gasteiger partial charge in [0.15, 0.2) is 11.5 Å². The summed E-state index contributed by atoms with van der Waals surface area (Å²) in [6.07, 6.45) is 3.86. The summed E-state index contributed by atoms with van der Waals surface area (Å²) < 4.78 is 15.9. The first kappa shape index (κ1) is 17.6. The molecule has 3 heterocycles. The van der Waals surface area contributed by atoms with Crippen molar-refractivity contribution in [2.24, 2.45) is 5.10 Å². The third kappa shape index (κ3) is 3.07. The maximum Gasteiger partial charge on any atom is 0.269 e. The molecule has 0 saturated heterocycles. The van der Waals surface area contributed by atoms with Crippen LogP contribution < -0.4 is 9.47 Å². The fourth-order valence-electron chi connectivity index (χ4n) is 3.71. The van der Waals surface area contributed by atoms with E-state index >= 15 is 0 Å². The Hall–Kier alpha value is -3.52. The van der Waals surface area contributed by atoms with E-state index in [1.54, 1.807) is 12.4 Å². The molecular weight excluding hydrogens is 372 g/mol. The highest BCUT2D eigenvalue weighted by Crippen LogP contribution is 2.38. The molecule has 2 aliphatic rings. The van der Waals surface area contributed by atoms with E-state index in [-0.39, 0.29) is 25.3 Å². The zero-order valence-corrected chi connectivity index (χ0v) is 15.7. The maximum atomic E-state index is 12.7. The van der Waals surface area contributed by atoms with Gasteiger partial charge in [0.05, 0.1) is 22.8 Å².